The molecular formula is C6H7NO2. The number of ether oxygens (including phenoxy) is 1. The molecule has 1 heterocycles. The van der Waals surface area contributed by atoms with Crippen LogP contribution in [-0.4, -0.2) is 5.11 Å². The summed E-state index contributed by atoms with van der Waals surface area (Å²) >= 11 is 0. The molecule has 0 spiro atoms. The van der Waals surface area contributed by atoms with E-state index in [4.69, 9.17) is 15.6 Å². The predicted molar refractivity (Wildman–Crippen MR) is 33.2 cm³/mol. The molecule has 3 N–H and O–H groups in total. The molecule has 0 atom stereocenters. The van der Waals surface area contributed by atoms with Gasteiger partial charge >= 0.3 is 0 Å². The lowest BCUT2D eigenvalue weighted by Gasteiger charge is -2.06. The van der Waals surface area contributed by atoms with E-state index >= 15 is 0 Å². The summed E-state index contributed by atoms with van der Waals surface area (Å²) in [6.07, 6.45) is 5.57. The van der Waals surface area contributed by atoms with Gasteiger partial charge < -0.3 is 15.6 Å². The number of nitrogens with two attached hydrogens (primary N) is 1. The highest BCUT2D eigenvalue weighted by molar-refractivity contribution is 5.28. The van der Waals surface area contributed by atoms with E-state index in [1.165, 1.54) is 6.26 Å². The van der Waals surface area contributed by atoms with Crippen molar-refractivity contribution in [3.05, 3.63) is 36.1 Å². The summed E-state index contributed by atoms with van der Waals surface area (Å²) in [5, 5.41) is 8.42. The zero-order valence-corrected chi connectivity index (χ0v) is 4.74. The maximum absolute atomic E-state index is 8.42. The predicted octanol–water partition coefficient (Wildman–Crippen LogP) is 0.772. The molecule has 3 nitrogen and oxygen atoms in total. The summed E-state index contributed by atoms with van der Waals surface area (Å²) < 4.78 is 4.78. The molecule has 0 aromatic heterocycles. The van der Waals surface area contributed by atoms with Gasteiger partial charge in [-0.2, -0.15) is 0 Å². The number of rotatable bonds is 0. The Balaban J connectivity index is 2.83. The van der Waals surface area contributed by atoms with Gasteiger partial charge in [-0.1, -0.05) is 0 Å². The molecule has 0 bridgehead atoms. The van der Waals surface area contributed by atoms with Gasteiger partial charge in [-0.15, -0.1) is 0 Å². The van der Waals surface area contributed by atoms with E-state index in [9.17, 15) is 0 Å². The number of aliphatic hydroxyl groups is 1. The van der Waals surface area contributed by atoms with Gasteiger partial charge in [0.1, 0.15) is 6.26 Å². The van der Waals surface area contributed by atoms with Crippen molar-refractivity contribution in [1.29, 1.82) is 0 Å². The topological polar surface area (TPSA) is 55.5 Å². The van der Waals surface area contributed by atoms with Crippen molar-refractivity contribution in [2.24, 2.45) is 5.73 Å². The highest BCUT2D eigenvalue weighted by atomic mass is 16.5. The average Bonchev–Trinajstić information content (AvgIpc) is 1.89. The Hall–Kier alpha value is -1.38. The molecule has 0 radical (unpaired) electrons. The van der Waals surface area contributed by atoms with Crippen LogP contribution in [0.3, 0.4) is 0 Å². The van der Waals surface area contributed by atoms with Crippen molar-refractivity contribution in [3.63, 3.8) is 0 Å². The molecule has 0 aliphatic carbocycles. The lowest BCUT2D eigenvalue weighted by Crippen LogP contribution is -2.04. The number of allylic oxidation sites excluding steroid dienone is 2. The van der Waals surface area contributed by atoms with Crippen LogP contribution in [0.4, 0.5) is 0 Å². The minimum atomic E-state index is 0.289. The minimum Gasteiger partial charge on any atom is -0.512 e. The third-order valence-corrected chi connectivity index (χ3v) is 0.951. The Bertz CT molecular complexity index is 191. The summed E-state index contributed by atoms with van der Waals surface area (Å²) in [5.41, 5.74) is 5.78. The van der Waals surface area contributed by atoms with Crippen LogP contribution in [0.5, 0.6) is 0 Å². The number of aliphatic hydroxyl groups excluding tert-OH is 1. The van der Waals surface area contributed by atoms with E-state index in [-0.39, 0.29) is 5.76 Å². The molecule has 0 aromatic carbocycles. The van der Waals surface area contributed by atoms with Crippen LogP contribution in [0.1, 0.15) is 0 Å². The number of hydrogen-bond donors (Lipinski definition) is 2. The second kappa shape index (κ2) is 2.26. The smallest absolute Gasteiger partial charge is 0.183 e. The van der Waals surface area contributed by atoms with Crippen LogP contribution in [-0.2, 0) is 4.74 Å². The van der Waals surface area contributed by atoms with Gasteiger partial charge in [-0.3, -0.25) is 0 Å². The van der Waals surface area contributed by atoms with Gasteiger partial charge in [0.05, 0.1) is 12.0 Å². The van der Waals surface area contributed by atoms with Crippen molar-refractivity contribution >= 4 is 0 Å². The average molecular weight is 125 g/mol. The molecule has 0 unspecified atom stereocenters. The Morgan fingerprint density at radius 3 is 2.89 bits per heavy atom. The van der Waals surface area contributed by atoms with Gasteiger partial charge in [0.2, 0.25) is 0 Å². The largest absolute Gasteiger partial charge is 0.512 e. The highest BCUT2D eigenvalue weighted by Crippen LogP contribution is 2.09. The van der Waals surface area contributed by atoms with E-state index in [0.717, 1.165) is 6.26 Å². The molecule has 0 fully saturated rings. The molecule has 48 valence electrons. The van der Waals surface area contributed by atoms with Crippen LogP contribution >= 0.6 is 0 Å². The fourth-order valence-electron chi connectivity index (χ4n) is 0.511. The molecule has 1 aliphatic rings. The van der Waals surface area contributed by atoms with Gasteiger partial charge in [0.25, 0.3) is 0 Å². The van der Waals surface area contributed by atoms with Crippen molar-refractivity contribution in [3.8, 4) is 0 Å². The molecule has 0 aromatic rings. The Morgan fingerprint density at radius 1 is 1.67 bits per heavy atom. The van der Waals surface area contributed by atoms with E-state index in [1.54, 1.807) is 12.2 Å². The van der Waals surface area contributed by atoms with Crippen LogP contribution in [0.25, 0.3) is 0 Å². The Labute approximate surface area is 52.7 Å². The Morgan fingerprint density at radius 2 is 2.44 bits per heavy atom. The van der Waals surface area contributed by atoms with E-state index < -0.39 is 0 Å². The van der Waals surface area contributed by atoms with Gasteiger partial charge in [0.15, 0.2) is 5.76 Å². The van der Waals surface area contributed by atoms with Gasteiger partial charge in [-0.25, -0.2) is 0 Å². The summed E-state index contributed by atoms with van der Waals surface area (Å²) in [6.45, 7) is 0. The lowest BCUT2D eigenvalue weighted by molar-refractivity contribution is 0.325. The SMILES string of the molecule is NC1=CC=COC1=CO. The van der Waals surface area contributed by atoms with Crippen molar-refractivity contribution in [2.45, 2.75) is 0 Å². The van der Waals surface area contributed by atoms with E-state index in [2.05, 4.69) is 0 Å². The first-order chi connectivity index (χ1) is 4.34. The third kappa shape index (κ3) is 1.05. The number of hydrogen-bond acceptors (Lipinski definition) is 3. The first-order valence-electron chi connectivity index (χ1n) is 2.48. The zero-order valence-electron chi connectivity index (χ0n) is 4.74. The summed E-state index contributed by atoms with van der Waals surface area (Å²) in [5.74, 6) is 0.289. The maximum Gasteiger partial charge on any atom is 0.183 e. The monoisotopic (exact) mass is 125 g/mol. The third-order valence-electron chi connectivity index (χ3n) is 0.951. The molecule has 1 aliphatic heterocycles. The zero-order chi connectivity index (χ0) is 6.69. The summed E-state index contributed by atoms with van der Waals surface area (Å²) in [4.78, 5) is 0. The minimum absolute atomic E-state index is 0.289. The second-order valence-corrected chi connectivity index (χ2v) is 1.56. The quantitative estimate of drug-likeness (QED) is 0.470. The Kier molecular flexibility index (Phi) is 1.44. The fraction of sp³-hybridized carbons (Fsp3) is 0. The van der Waals surface area contributed by atoms with E-state index in [1.807, 2.05) is 0 Å². The highest BCUT2D eigenvalue weighted by Gasteiger charge is 2.01. The lowest BCUT2D eigenvalue weighted by atomic mass is 10.3. The molecular weight excluding hydrogens is 118 g/mol. The molecule has 3 heteroatoms. The standard InChI is InChI=1S/C6H7NO2/c7-5-2-1-3-9-6(5)4-8/h1-4,8H,7H2. The first kappa shape index (κ1) is 5.75. The van der Waals surface area contributed by atoms with Crippen LogP contribution in [0.15, 0.2) is 36.1 Å². The normalized spacial score (nSPS) is 21.3. The summed E-state index contributed by atoms with van der Waals surface area (Å²) in [6, 6.07) is 0. The van der Waals surface area contributed by atoms with Crippen molar-refractivity contribution in [2.75, 3.05) is 0 Å². The second-order valence-electron chi connectivity index (χ2n) is 1.56. The first-order valence-corrected chi connectivity index (χ1v) is 2.48. The van der Waals surface area contributed by atoms with Crippen LogP contribution < -0.4 is 5.73 Å². The van der Waals surface area contributed by atoms with Crippen molar-refractivity contribution < 1.29 is 9.84 Å². The molecule has 0 saturated carbocycles. The molecule has 0 saturated heterocycles. The fourth-order valence-corrected chi connectivity index (χ4v) is 0.511. The van der Waals surface area contributed by atoms with Crippen LogP contribution in [0.2, 0.25) is 0 Å². The summed E-state index contributed by atoms with van der Waals surface area (Å²) in [7, 11) is 0. The molecule has 9 heavy (non-hydrogen) atoms. The van der Waals surface area contributed by atoms with Crippen LogP contribution in [0, 0.1) is 0 Å². The van der Waals surface area contributed by atoms with Gasteiger partial charge in [0, 0.05) is 0 Å². The van der Waals surface area contributed by atoms with Gasteiger partial charge in [-0.05, 0) is 12.2 Å². The maximum atomic E-state index is 8.42. The molecule has 0 amide bonds. The van der Waals surface area contributed by atoms with Crippen molar-refractivity contribution in [1.82, 2.24) is 0 Å². The molecule has 1 rings (SSSR count). The van der Waals surface area contributed by atoms with E-state index in [0.29, 0.717) is 5.70 Å².